The summed E-state index contributed by atoms with van der Waals surface area (Å²) in [7, 11) is 2.17. The van der Waals surface area contributed by atoms with Crippen molar-refractivity contribution in [1.29, 1.82) is 0 Å². The van der Waals surface area contributed by atoms with Crippen LogP contribution >= 0.6 is 0 Å². The first-order chi connectivity index (χ1) is 14.1. The molecule has 4 aliphatic carbocycles. The van der Waals surface area contributed by atoms with E-state index < -0.39 is 0 Å². The lowest BCUT2D eigenvalue weighted by Gasteiger charge is -2.63. The maximum atomic E-state index is 6.81. The molecule has 0 radical (unpaired) electrons. The van der Waals surface area contributed by atoms with Crippen molar-refractivity contribution in [3.8, 4) is 0 Å². The molecule has 3 aromatic rings. The highest BCUT2D eigenvalue weighted by atomic mass is 16.3. The molecule has 0 amide bonds. The number of anilines is 1. The van der Waals surface area contributed by atoms with Crippen molar-refractivity contribution < 1.29 is 4.42 Å². The molecule has 0 N–H and O–H groups in total. The zero-order valence-corrected chi connectivity index (χ0v) is 17.7. The van der Waals surface area contributed by atoms with Gasteiger partial charge in [-0.1, -0.05) is 18.2 Å². The molecule has 150 valence electrons. The number of rotatable bonds is 1. The first kappa shape index (κ1) is 16.6. The second kappa shape index (κ2) is 5.30. The molecule has 4 fully saturated rings. The van der Waals surface area contributed by atoms with Crippen molar-refractivity contribution in [2.24, 2.45) is 30.7 Å². The number of furan rings is 1. The van der Waals surface area contributed by atoms with E-state index in [0.717, 1.165) is 29.3 Å². The minimum Gasteiger partial charge on any atom is -0.456 e. The third-order valence-corrected chi connectivity index (χ3v) is 9.07. The molecule has 0 unspecified atom stereocenters. The third-order valence-electron chi connectivity index (χ3n) is 9.07. The molecule has 29 heavy (non-hydrogen) atoms. The van der Waals surface area contributed by atoms with Crippen molar-refractivity contribution in [1.82, 2.24) is 4.57 Å². The zero-order chi connectivity index (χ0) is 19.5. The first-order valence-corrected chi connectivity index (χ1v) is 11.5. The topological polar surface area (TPSA) is 21.3 Å². The van der Waals surface area contributed by atoms with Crippen molar-refractivity contribution >= 4 is 16.8 Å². The SMILES string of the molecule is Cc1ccccc1N1[C@@H](C)c2c(oc3ccn(C)c23)C12C1CC3CC(C1)CC2C3. The lowest BCUT2D eigenvalue weighted by Crippen LogP contribution is -2.62. The van der Waals surface area contributed by atoms with Crippen LogP contribution in [0, 0.1) is 30.6 Å². The van der Waals surface area contributed by atoms with Gasteiger partial charge in [-0.05, 0) is 87.3 Å². The van der Waals surface area contributed by atoms with Gasteiger partial charge in [-0.3, -0.25) is 0 Å². The van der Waals surface area contributed by atoms with Crippen LogP contribution < -0.4 is 4.90 Å². The normalized spacial score (nSPS) is 37.2. The Hall–Kier alpha value is -2.16. The molecule has 0 saturated heterocycles. The van der Waals surface area contributed by atoms with Gasteiger partial charge >= 0.3 is 0 Å². The van der Waals surface area contributed by atoms with Gasteiger partial charge in [-0.15, -0.1) is 0 Å². The average molecular weight is 387 g/mol. The number of hydrogen-bond acceptors (Lipinski definition) is 2. The van der Waals surface area contributed by atoms with Crippen LogP contribution in [0.1, 0.15) is 62.0 Å². The fraction of sp³-hybridized carbons (Fsp3) is 0.538. The molecule has 2 aromatic heterocycles. The summed E-state index contributed by atoms with van der Waals surface area (Å²) in [5.74, 6) is 4.67. The smallest absolute Gasteiger partial charge is 0.152 e. The summed E-state index contributed by atoms with van der Waals surface area (Å²) >= 11 is 0. The summed E-state index contributed by atoms with van der Waals surface area (Å²) in [6.07, 6.45) is 9.19. The van der Waals surface area contributed by atoms with Crippen molar-refractivity contribution in [2.45, 2.75) is 57.5 Å². The van der Waals surface area contributed by atoms with Crippen LogP contribution in [0.25, 0.3) is 11.1 Å². The van der Waals surface area contributed by atoms with Gasteiger partial charge in [-0.25, -0.2) is 0 Å². The minimum atomic E-state index is 0.0489. The Labute approximate surface area is 172 Å². The Bertz CT molecular complexity index is 1110. The van der Waals surface area contributed by atoms with E-state index in [1.807, 2.05) is 0 Å². The van der Waals surface area contributed by atoms with E-state index in [2.05, 4.69) is 66.9 Å². The molecule has 1 aromatic carbocycles. The highest BCUT2D eigenvalue weighted by molar-refractivity contribution is 5.84. The molecule has 1 spiro atoms. The maximum absolute atomic E-state index is 6.81. The van der Waals surface area contributed by atoms with Crippen LogP contribution in [0.2, 0.25) is 0 Å². The van der Waals surface area contributed by atoms with E-state index in [0.29, 0.717) is 6.04 Å². The van der Waals surface area contributed by atoms with E-state index in [1.54, 1.807) is 0 Å². The molecular formula is C26H30N2O. The second-order valence-electron chi connectivity index (χ2n) is 10.4. The Morgan fingerprint density at radius 1 is 0.966 bits per heavy atom. The molecular weight excluding hydrogens is 356 g/mol. The first-order valence-electron chi connectivity index (χ1n) is 11.5. The molecule has 3 nitrogen and oxygen atoms in total. The van der Waals surface area contributed by atoms with Gasteiger partial charge in [0.2, 0.25) is 0 Å². The Morgan fingerprint density at radius 2 is 1.66 bits per heavy atom. The highest BCUT2D eigenvalue weighted by Gasteiger charge is 2.67. The quantitative estimate of drug-likeness (QED) is 0.488. The van der Waals surface area contributed by atoms with Gasteiger partial charge in [0.25, 0.3) is 0 Å². The third kappa shape index (κ3) is 1.82. The van der Waals surface area contributed by atoms with E-state index >= 15 is 0 Å². The lowest BCUT2D eigenvalue weighted by atomic mass is 9.48. The summed E-state index contributed by atoms with van der Waals surface area (Å²) in [4.78, 5) is 2.83. The van der Waals surface area contributed by atoms with Crippen molar-refractivity contribution in [3.05, 3.63) is 53.4 Å². The standard InChI is InChI=1S/C26H30N2O/c1-15-6-4-5-7-21(15)28-16(2)23-24-22(8-9-27(24)3)29-25(23)26(28)19-11-17-10-18(13-19)14-20(26)12-17/h4-9,16-20H,10-14H2,1-3H3/t16-,17?,18?,19?,20?,26?/m0/s1. The van der Waals surface area contributed by atoms with Crippen LogP contribution in [0.4, 0.5) is 5.69 Å². The predicted molar refractivity (Wildman–Crippen MR) is 116 cm³/mol. The molecule has 8 rings (SSSR count). The number of aryl methyl sites for hydroxylation is 2. The van der Waals surface area contributed by atoms with Gasteiger partial charge < -0.3 is 13.9 Å². The number of benzene rings is 1. The van der Waals surface area contributed by atoms with Gasteiger partial charge in [0, 0.05) is 24.5 Å². The Morgan fingerprint density at radius 3 is 2.34 bits per heavy atom. The van der Waals surface area contributed by atoms with Crippen LogP contribution in [-0.4, -0.2) is 4.57 Å². The van der Waals surface area contributed by atoms with E-state index in [1.165, 1.54) is 60.2 Å². The molecule has 1 atom stereocenters. The average Bonchev–Trinajstić information content (AvgIpc) is 3.31. The molecule has 3 heteroatoms. The molecule has 4 bridgehead atoms. The van der Waals surface area contributed by atoms with Crippen LogP contribution in [0.5, 0.6) is 0 Å². The largest absolute Gasteiger partial charge is 0.456 e. The number of nitrogens with zero attached hydrogens (tertiary/aromatic N) is 2. The fourth-order valence-corrected chi connectivity index (χ4v) is 8.34. The van der Waals surface area contributed by atoms with Gasteiger partial charge in [0.05, 0.1) is 11.6 Å². The van der Waals surface area contributed by atoms with E-state index in [-0.39, 0.29) is 5.54 Å². The zero-order valence-electron chi connectivity index (χ0n) is 17.7. The van der Waals surface area contributed by atoms with Crippen LogP contribution in [0.3, 0.4) is 0 Å². The number of aromatic nitrogens is 1. The number of hydrogen-bond donors (Lipinski definition) is 0. The second-order valence-corrected chi connectivity index (χ2v) is 10.4. The van der Waals surface area contributed by atoms with Gasteiger partial charge in [0.1, 0.15) is 11.3 Å². The maximum Gasteiger partial charge on any atom is 0.152 e. The Kier molecular flexibility index (Phi) is 3.04. The summed E-state index contributed by atoms with van der Waals surface area (Å²) in [5, 5.41) is 0. The molecule has 5 aliphatic rings. The van der Waals surface area contributed by atoms with Crippen LogP contribution in [-0.2, 0) is 12.6 Å². The monoisotopic (exact) mass is 386 g/mol. The Balaban J connectivity index is 1.55. The van der Waals surface area contributed by atoms with E-state index in [9.17, 15) is 0 Å². The van der Waals surface area contributed by atoms with Crippen molar-refractivity contribution in [2.75, 3.05) is 4.90 Å². The summed E-state index contributed by atoms with van der Waals surface area (Å²) in [6.45, 7) is 4.71. The van der Waals surface area contributed by atoms with Crippen LogP contribution in [0.15, 0.2) is 40.9 Å². The summed E-state index contributed by atoms with van der Waals surface area (Å²) in [6, 6.07) is 11.5. The number of para-hydroxylation sites is 1. The number of fused-ring (bicyclic) bond motifs is 3. The molecule has 1 aliphatic heterocycles. The van der Waals surface area contributed by atoms with E-state index in [4.69, 9.17) is 4.42 Å². The van der Waals surface area contributed by atoms with Crippen molar-refractivity contribution in [3.63, 3.8) is 0 Å². The highest BCUT2D eigenvalue weighted by Crippen LogP contribution is 2.69. The molecule has 4 saturated carbocycles. The minimum absolute atomic E-state index is 0.0489. The lowest BCUT2D eigenvalue weighted by molar-refractivity contribution is -0.0679. The predicted octanol–water partition coefficient (Wildman–Crippen LogP) is 6.31. The summed E-state index contributed by atoms with van der Waals surface area (Å²) in [5.41, 5.74) is 6.72. The molecule has 3 heterocycles. The summed E-state index contributed by atoms with van der Waals surface area (Å²) < 4.78 is 9.09. The van der Waals surface area contributed by atoms with Gasteiger partial charge in [0.15, 0.2) is 5.58 Å². The fourth-order valence-electron chi connectivity index (χ4n) is 8.34. The van der Waals surface area contributed by atoms with Gasteiger partial charge in [-0.2, -0.15) is 0 Å².